The molecule has 0 heterocycles. The van der Waals surface area contributed by atoms with Gasteiger partial charge in [0, 0.05) is 12.0 Å². The summed E-state index contributed by atoms with van der Waals surface area (Å²) in [5.41, 5.74) is 2.16. The van der Waals surface area contributed by atoms with Gasteiger partial charge in [0.15, 0.2) is 0 Å². The molecule has 3 fully saturated rings. The molecule has 4 aliphatic rings. The summed E-state index contributed by atoms with van der Waals surface area (Å²) >= 11 is 0. The highest BCUT2D eigenvalue weighted by molar-refractivity contribution is 5.40. The quantitative estimate of drug-likeness (QED) is 0.339. The van der Waals surface area contributed by atoms with Crippen molar-refractivity contribution < 1.29 is 20.1 Å². The molecule has 3 N–H and O–H groups in total. The summed E-state index contributed by atoms with van der Waals surface area (Å²) in [6.45, 7) is 13.8. The van der Waals surface area contributed by atoms with Crippen molar-refractivity contribution in [2.24, 2.45) is 34.5 Å². The lowest BCUT2D eigenvalue weighted by Crippen LogP contribution is -2.59. The first-order valence-electron chi connectivity index (χ1n) is 14.5. The Balaban J connectivity index is 1.52. The molecule has 0 saturated heterocycles. The second kappa shape index (κ2) is 10.2. The topological polar surface area (TPSA) is 69.9 Å². The van der Waals surface area contributed by atoms with Crippen LogP contribution < -0.4 is 0 Å². The zero-order valence-corrected chi connectivity index (χ0v) is 23.2. The molecule has 0 radical (unpaired) electrons. The smallest absolute Gasteiger partial charge is 0.110 e. The van der Waals surface area contributed by atoms with E-state index >= 15 is 0 Å². The third-order valence-corrected chi connectivity index (χ3v) is 10.8. The van der Waals surface area contributed by atoms with Crippen molar-refractivity contribution in [2.45, 2.75) is 130 Å². The molecule has 9 atom stereocenters. The number of unbranched alkanes of at least 4 members (excludes halogenated alkanes) is 1. The molecule has 0 bridgehead atoms. The van der Waals surface area contributed by atoms with Crippen molar-refractivity contribution in [2.75, 3.05) is 6.61 Å². The number of ether oxygens (including phenoxy) is 1. The molecule has 4 nitrogen and oxygen atoms in total. The number of aliphatic hydroxyl groups is 3. The van der Waals surface area contributed by atoms with Crippen LogP contribution in [0.4, 0.5) is 0 Å². The highest BCUT2D eigenvalue weighted by Gasteiger charge is 2.60. The van der Waals surface area contributed by atoms with Gasteiger partial charge >= 0.3 is 0 Å². The van der Waals surface area contributed by atoms with E-state index in [2.05, 4.69) is 39.8 Å². The number of fused-ring (bicyclic) bond motifs is 5. The van der Waals surface area contributed by atoms with Crippen LogP contribution in [0.3, 0.4) is 0 Å². The summed E-state index contributed by atoms with van der Waals surface area (Å²) < 4.78 is 6.09. The molecule has 4 rings (SSSR count). The van der Waals surface area contributed by atoms with E-state index in [0.717, 1.165) is 38.0 Å². The number of hydrogen-bond acceptors (Lipinski definition) is 4. The van der Waals surface area contributed by atoms with Crippen LogP contribution in [0, 0.1) is 34.5 Å². The van der Waals surface area contributed by atoms with Crippen LogP contribution in [0.15, 0.2) is 23.3 Å². The van der Waals surface area contributed by atoms with Crippen LogP contribution in [-0.4, -0.2) is 45.8 Å². The van der Waals surface area contributed by atoms with Crippen LogP contribution in [0.2, 0.25) is 0 Å². The monoisotopic (exact) mass is 488 g/mol. The van der Waals surface area contributed by atoms with Crippen molar-refractivity contribution in [3.63, 3.8) is 0 Å². The number of aliphatic hydroxyl groups excluding tert-OH is 2. The van der Waals surface area contributed by atoms with E-state index in [-0.39, 0.29) is 5.41 Å². The van der Waals surface area contributed by atoms with E-state index in [9.17, 15) is 15.3 Å². The van der Waals surface area contributed by atoms with Gasteiger partial charge in [-0.15, -0.1) is 0 Å². The van der Waals surface area contributed by atoms with Gasteiger partial charge in [-0.25, -0.2) is 0 Å². The Bertz CT molecular complexity index is 809. The Hall–Kier alpha value is -0.680. The molecule has 0 aromatic carbocycles. The molecule has 3 saturated carbocycles. The van der Waals surface area contributed by atoms with Gasteiger partial charge in [0.25, 0.3) is 0 Å². The number of allylic oxidation sites excluding steroid dienone is 3. The third kappa shape index (κ3) is 4.94. The fraction of sp³-hybridized carbons (Fsp3) is 0.871. The SMILES string of the molecule is CCCCO[C@@H]1[C@H](O)CC2=CC=C3[C@@H]4CC[C@H]([C@H](C)CCCC(C)(C)O)[C@@]4(C)CC[C@@H]3[C@@]2(C)[C@H]1O. The lowest BCUT2D eigenvalue weighted by Gasteiger charge is -2.57. The first kappa shape index (κ1) is 27.4. The van der Waals surface area contributed by atoms with Crippen molar-refractivity contribution >= 4 is 0 Å². The predicted octanol–water partition coefficient (Wildman–Crippen LogP) is 6.19. The molecule has 200 valence electrons. The average Bonchev–Trinajstić information content (AvgIpc) is 3.14. The minimum absolute atomic E-state index is 0.314. The van der Waals surface area contributed by atoms with E-state index in [1.807, 2.05) is 13.8 Å². The van der Waals surface area contributed by atoms with Crippen molar-refractivity contribution in [1.29, 1.82) is 0 Å². The standard InChI is InChI=1S/C31H52O4/c1-7-8-18-35-27-26(32)19-21-11-12-22-24-14-13-23(20(2)10-9-16-29(3,4)34)30(24,5)17-15-25(22)31(21,6)28(27)33/h11-12,20,23-28,32-34H,7-10,13-19H2,1-6H3/t20-,23-,24+,25+,26-,27-,28+,30-,31+/m1/s1. The molecule has 0 aromatic rings. The van der Waals surface area contributed by atoms with Gasteiger partial charge in [-0.2, -0.15) is 0 Å². The van der Waals surface area contributed by atoms with Crippen LogP contribution in [0.5, 0.6) is 0 Å². The van der Waals surface area contributed by atoms with E-state index in [1.165, 1.54) is 31.3 Å². The molecule has 0 aromatic heterocycles. The summed E-state index contributed by atoms with van der Waals surface area (Å²) in [5.74, 6) is 2.31. The lowest BCUT2D eigenvalue weighted by molar-refractivity contribution is -0.162. The first-order chi connectivity index (χ1) is 16.4. The van der Waals surface area contributed by atoms with Crippen molar-refractivity contribution in [3.05, 3.63) is 23.3 Å². The van der Waals surface area contributed by atoms with E-state index in [1.54, 1.807) is 5.57 Å². The minimum Gasteiger partial charge on any atom is -0.390 e. The fourth-order valence-electron chi connectivity index (χ4n) is 8.65. The zero-order chi connectivity index (χ0) is 25.6. The van der Waals surface area contributed by atoms with E-state index in [4.69, 9.17) is 4.74 Å². The minimum atomic E-state index is -0.676. The van der Waals surface area contributed by atoms with Crippen molar-refractivity contribution in [3.8, 4) is 0 Å². The van der Waals surface area contributed by atoms with Crippen LogP contribution in [0.25, 0.3) is 0 Å². The van der Waals surface area contributed by atoms with Crippen LogP contribution >= 0.6 is 0 Å². The highest BCUT2D eigenvalue weighted by atomic mass is 16.5. The second-order valence-corrected chi connectivity index (χ2v) is 13.6. The van der Waals surface area contributed by atoms with Gasteiger partial charge < -0.3 is 20.1 Å². The molecule has 0 spiro atoms. The molecule has 35 heavy (non-hydrogen) atoms. The van der Waals surface area contributed by atoms with Gasteiger partial charge in [-0.3, -0.25) is 0 Å². The van der Waals surface area contributed by atoms with Gasteiger partial charge in [-0.1, -0.05) is 70.3 Å². The molecule has 0 unspecified atom stereocenters. The Morgan fingerprint density at radius 1 is 1.09 bits per heavy atom. The van der Waals surface area contributed by atoms with Gasteiger partial charge in [0.2, 0.25) is 0 Å². The number of rotatable bonds is 9. The maximum Gasteiger partial charge on any atom is 0.110 e. The molecule has 4 heteroatoms. The molecule has 0 aliphatic heterocycles. The maximum absolute atomic E-state index is 11.7. The Kier molecular flexibility index (Phi) is 8.00. The Morgan fingerprint density at radius 2 is 1.83 bits per heavy atom. The summed E-state index contributed by atoms with van der Waals surface area (Å²) in [6.07, 6.45) is 13.4. The second-order valence-electron chi connectivity index (χ2n) is 13.6. The van der Waals surface area contributed by atoms with Gasteiger partial charge in [0.05, 0.1) is 17.8 Å². The third-order valence-electron chi connectivity index (χ3n) is 10.8. The summed E-state index contributed by atoms with van der Waals surface area (Å²) in [5, 5.41) is 32.6. The maximum atomic E-state index is 11.7. The largest absolute Gasteiger partial charge is 0.390 e. The average molecular weight is 489 g/mol. The summed E-state index contributed by atoms with van der Waals surface area (Å²) in [6, 6.07) is 0. The highest BCUT2D eigenvalue weighted by Crippen LogP contribution is 2.66. The zero-order valence-electron chi connectivity index (χ0n) is 23.2. The summed E-state index contributed by atoms with van der Waals surface area (Å²) in [4.78, 5) is 0. The van der Waals surface area contributed by atoms with Gasteiger partial charge in [-0.05, 0) is 87.9 Å². The van der Waals surface area contributed by atoms with Gasteiger partial charge in [0.1, 0.15) is 6.10 Å². The molecule has 0 amide bonds. The molecule has 4 aliphatic carbocycles. The predicted molar refractivity (Wildman–Crippen MR) is 142 cm³/mol. The Morgan fingerprint density at radius 3 is 2.51 bits per heavy atom. The van der Waals surface area contributed by atoms with E-state index in [0.29, 0.717) is 36.2 Å². The van der Waals surface area contributed by atoms with Crippen LogP contribution in [-0.2, 0) is 4.74 Å². The summed E-state index contributed by atoms with van der Waals surface area (Å²) in [7, 11) is 0. The molecular weight excluding hydrogens is 436 g/mol. The van der Waals surface area contributed by atoms with E-state index < -0.39 is 23.9 Å². The number of hydrogen-bond donors (Lipinski definition) is 3. The first-order valence-corrected chi connectivity index (χ1v) is 14.5. The fourth-order valence-corrected chi connectivity index (χ4v) is 8.65. The molecular formula is C31H52O4. The van der Waals surface area contributed by atoms with Crippen LogP contribution in [0.1, 0.15) is 106 Å². The normalized spacial score (nSPS) is 42.0. The lowest BCUT2D eigenvalue weighted by atomic mass is 9.49. The Labute approximate surface area is 214 Å². The van der Waals surface area contributed by atoms with Crippen molar-refractivity contribution in [1.82, 2.24) is 0 Å².